The first kappa shape index (κ1) is 16.7. The maximum absolute atomic E-state index is 13.1. The summed E-state index contributed by atoms with van der Waals surface area (Å²) in [5.74, 6) is -3.92. The van der Waals surface area contributed by atoms with Gasteiger partial charge in [0.25, 0.3) is 0 Å². The molecule has 1 atom stereocenters. The van der Waals surface area contributed by atoms with Gasteiger partial charge < -0.3 is 15.2 Å². The van der Waals surface area contributed by atoms with Gasteiger partial charge in [-0.05, 0) is 46.1 Å². The lowest BCUT2D eigenvalue weighted by Crippen LogP contribution is -2.45. The van der Waals surface area contributed by atoms with Crippen LogP contribution in [0.1, 0.15) is 46.5 Å². The number of hydrogen-bond acceptors (Lipinski definition) is 3. The van der Waals surface area contributed by atoms with E-state index in [4.69, 9.17) is 4.74 Å². The summed E-state index contributed by atoms with van der Waals surface area (Å²) >= 11 is 0. The zero-order valence-corrected chi connectivity index (χ0v) is 12.2. The smallest absolute Gasteiger partial charge is 0.326 e. The molecule has 1 aliphatic rings. The van der Waals surface area contributed by atoms with Crippen LogP contribution in [0, 0.1) is 5.92 Å². The van der Waals surface area contributed by atoms with Crippen molar-refractivity contribution in [2.24, 2.45) is 5.92 Å². The Morgan fingerprint density at radius 3 is 2.30 bits per heavy atom. The van der Waals surface area contributed by atoms with Crippen molar-refractivity contribution in [2.75, 3.05) is 0 Å². The van der Waals surface area contributed by atoms with Crippen LogP contribution < -0.4 is 5.32 Å². The minimum absolute atomic E-state index is 0.155. The number of aliphatic carboxylic acids is 1. The largest absolute Gasteiger partial charge is 0.480 e. The molecular weight excluding hydrogens is 268 g/mol. The van der Waals surface area contributed by atoms with Crippen LogP contribution in [0.15, 0.2) is 12.5 Å². The van der Waals surface area contributed by atoms with Crippen molar-refractivity contribution in [1.29, 1.82) is 0 Å². The van der Waals surface area contributed by atoms with Crippen LogP contribution in [0.25, 0.3) is 0 Å². The molecule has 1 unspecified atom stereocenters. The molecule has 116 valence electrons. The van der Waals surface area contributed by atoms with Crippen molar-refractivity contribution in [3.63, 3.8) is 0 Å². The zero-order valence-electron chi connectivity index (χ0n) is 12.2. The molecule has 1 rings (SSSR count). The van der Waals surface area contributed by atoms with E-state index in [-0.39, 0.29) is 37.5 Å². The Labute approximate surface area is 118 Å². The van der Waals surface area contributed by atoms with E-state index >= 15 is 0 Å². The van der Waals surface area contributed by atoms with Gasteiger partial charge in [0.2, 0.25) is 5.92 Å². The van der Waals surface area contributed by atoms with E-state index in [0.717, 1.165) is 0 Å². The molecule has 6 heteroatoms. The third kappa shape index (κ3) is 5.35. The van der Waals surface area contributed by atoms with Crippen molar-refractivity contribution in [3.05, 3.63) is 12.5 Å². The van der Waals surface area contributed by atoms with Gasteiger partial charge in [0.15, 0.2) is 5.88 Å². The number of carboxylic acids is 1. The minimum Gasteiger partial charge on any atom is -0.480 e. The number of ether oxygens (including phenoxy) is 1. The van der Waals surface area contributed by atoms with Crippen LogP contribution in [0.4, 0.5) is 8.78 Å². The summed E-state index contributed by atoms with van der Waals surface area (Å²) in [5.41, 5.74) is -0.493. The molecule has 0 radical (unpaired) electrons. The maximum atomic E-state index is 13.1. The lowest BCUT2D eigenvalue weighted by Gasteiger charge is -2.33. The molecule has 0 aromatic rings. The average molecular weight is 291 g/mol. The molecular formula is C14H23F2NO3. The molecule has 1 aliphatic carbocycles. The molecule has 2 N–H and O–H groups in total. The number of rotatable bonds is 5. The van der Waals surface area contributed by atoms with E-state index in [9.17, 15) is 18.7 Å². The quantitative estimate of drug-likeness (QED) is 0.764. The first-order chi connectivity index (χ1) is 9.00. The number of carboxylic acid groups (broad SMARTS) is 1. The molecule has 0 spiro atoms. The molecule has 0 aliphatic heterocycles. The van der Waals surface area contributed by atoms with E-state index < -0.39 is 23.5 Å². The fourth-order valence-electron chi connectivity index (χ4n) is 2.35. The second kappa shape index (κ2) is 5.97. The number of halogens is 2. The second-order valence-corrected chi connectivity index (χ2v) is 6.29. The summed E-state index contributed by atoms with van der Waals surface area (Å²) in [6.45, 7) is 9.09. The minimum atomic E-state index is -2.67. The number of alkyl halides is 2. The van der Waals surface area contributed by atoms with Crippen molar-refractivity contribution < 1.29 is 23.4 Å². The van der Waals surface area contributed by atoms with E-state index in [1.165, 1.54) is 0 Å². The van der Waals surface area contributed by atoms with E-state index in [1.54, 1.807) is 0 Å². The third-order valence-electron chi connectivity index (χ3n) is 3.25. The molecule has 20 heavy (non-hydrogen) atoms. The zero-order chi connectivity index (χ0) is 15.6. The topological polar surface area (TPSA) is 58.6 Å². The van der Waals surface area contributed by atoms with E-state index in [1.807, 2.05) is 20.8 Å². The standard InChI is InChI=1S/C14H23F2NO3/c1-9(20-13(2,3)4)17-11(12(18)19)10-5-7-14(15,16)8-6-10/h10-11,17H,1,5-8H2,2-4H3,(H,18,19). The predicted molar refractivity (Wildman–Crippen MR) is 71.4 cm³/mol. The van der Waals surface area contributed by atoms with Gasteiger partial charge in [-0.15, -0.1) is 0 Å². The van der Waals surface area contributed by atoms with Crippen molar-refractivity contribution >= 4 is 5.97 Å². The van der Waals surface area contributed by atoms with Gasteiger partial charge in [-0.1, -0.05) is 0 Å². The van der Waals surface area contributed by atoms with Crippen molar-refractivity contribution in [1.82, 2.24) is 5.32 Å². The molecule has 0 aromatic heterocycles. The summed E-state index contributed by atoms with van der Waals surface area (Å²) in [7, 11) is 0. The van der Waals surface area contributed by atoms with Gasteiger partial charge in [-0.2, -0.15) is 0 Å². The number of hydrogen-bond donors (Lipinski definition) is 2. The Morgan fingerprint density at radius 1 is 1.40 bits per heavy atom. The fraction of sp³-hybridized carbons (Fsp3) is 0.786. The predicted octanol–water partition coefficient (Wildman–Crippen LogP) is 3.14. The fourth-order valence-corrected chi connectivity index (χ4v) is 2.35. The highest BCUT2D eigenvalue weighted by Gasteiger charge is 2.40. The van der Waals surface area contributed by atoms with Crippen LogP contribution in [-0.2, 0) is 9.53 Å². The van der Waals surface area contributed by atoms with Crippen LogP contribution >= 0.6 is 0 Å². The second-order valence-electron chi connectivity index (χ2n) is 6.29. The Balaban J connectivity index is 2.62. The monoisotopic (exact) mass is 291 g/mol. The highest BCUT2D eigenvalue weighted by Crippen LogP contribution is 2.37. The molecule has 0 amide bonds. The van der Waals surface area contributed by atoms with Crippen LogP contribution in [0.5, 0.6) is 0 Å². The lowest BCUT2D eigenvalue weighted by atomic mass is 9.82. The maximum Gasteiger partial charge on any atom is 0.326 e. The van der Waals surface area contributed by atoms with E-state index in [0.29, 0.717) is 0 Å². The molecule has 1 fully saturated rings. The summed E-state index contributed by atoms with van der Waals surface area (Å²) in [6.07, 6.45) is -0.176. The number of nitrogens with one attached hydrogen (secondary N) is 1. The summed E-state index contributed by atoms with van der Waals surface area (Å²) in [4.78, 5) is 11.3. The van der Waals surface area contributed by atoms with Gasteiger partial charge in [0.1, 0.15) is 11.6 Å². The van der Waals surface area contributed by atoms with Crippen LogP contribution in [0.2, 0.25) is 0 Å². The SMILES string of the molecule is C=C(NC(C(=O)O)C1CCC(F)(F)CC1)OC(C)(C)C. The summed E-state index contributed by atoms with van der Waals surface area (Å²) in [5, 5.41) is 12.0. The summed E-state index contributed by atoms with van der Waals surface area (Å²) in [6, 6.07) is -0.944. The van der Waals surface area contributed by atoms with Gasteiger partial charge in [-0.3, -0.25) is 0 Å². The Kier molecular flexibility index (Phi) is 5.00. The highest BCUT2D eigenvalue weighted by molar-refractivity contribution is 5.74. The van der Waals surface area contributed by atoms with Crippen LogP contribution in [-0.4, -0.2) is 28.6 Å². The molecule has 1 saturated carbocycles. The van der Waals surface area contributed by atoms with Gasteiger partial charge in [0, 0.05) is 12.8 Å². The number of carbonyl (C=O) groups is 1. The average Bonchev–Trinajstić information content (AvgIpc) is 2.23. The third-order valence-corrected chi connectivity index (χ3v) is 3.25. The summed E-state index contributed by atoms with van der Waals surface area (Å²) < 4.78 is 31.7. The van der Waals surface area contributed by atoms with Gasteiger partial charge in [-0.25, -0.2) is 13.6 Å². The van der Waals surface area contributed by atoms with Gasteiger partial charge in [0.05, 0.1) is 0 Å². The Bertz CT molecular complexity index is 367. The normalized spacial score (nSPS) is 21.1. The molecule has 4 nitrogen and oxygen atoms in total. The van der Waals surface area contributed by atoms with Crippen LogP contribution in [0.3, 0.4) is 0 Å². The Morgan fingerprint density at radius 2 is 1.90 bits per heavy atom. The Hall–Kier alpha value is -1.33. The molecule has 0 heterocycles. The molecule has 0 saturated heterocycles. The van der Waals surface area contributed by atoms with Crippen molar-refractivity contribution in [2.45, 2.75) is 64.0 Å². The first-order valence-corrected chi connectivity index (χ1v) is 6.75. The molecule has 0 bridgehead atoms. The lowest BCUT2D eigenvalue weighted by molar-refractivity contribution is -0.143. The highest BCUT2D eigenvalue weighted by atomic mass is 19.3. The van der Waals surface area contributed by atoms with E-state index in [2.05, 4.69) is 11.9 Å². The first-order valence-electron chi connectivity index (χ1n) is 6.75. The van der Waals surface area contributed by atoms with Crippen molar-refractivity contribution in [3.8, 4) is 0 Å². The van der Waals surface area contributed by atoms with Gasteiger partial charge >= 0.3 is 5.97 Å². The molecule has 0 aromatic carbocycles.